The van der Waals surface area contributed by atoms with Gasteiger partial charge in [0, 0.05) is 15.6 Å². The minimum Gasteiger partial charge on any atom is -0.493 e. The lowest BCUT2D eigenvalue weighted by atomic mass is 10.1. The van der Waals surface area contributed by atoms with E-state index in [1.807, 2.05) is 25.1 Å². The lowest BCUT2D eigenvalue weighted by Crippen LogP contribution is -2.18. The van der Waals surface area contributed by atoms with E-state index in [4.69, 9.17) is 18.9 Å². The second kappa shape index (κ2) is 10.6. The number of carbonyl (C=O) groups is 1. The van der Waals surface area contributed by atoms with Gasteiger partial charge < -0.3 is 18.9 Å². The predicted octanol–water partition coefficient (Wildman–Crippen LogP) is 4.03. The molecule has 0 aromatic heterocycles. The summed E-state index contributed by atoms with van der Waals surface area (Å²) in [5.74, 6) is 1.46. The highest BCUT2D eigenvalue weighted by Gasteiger charge is 2.16. The zero-order valence-corrected chi connectivity index (χ0v) is 17.8. The Balaban J connectivity index is 2.19. The molecular weight excluding hydrogens is 428 g/mol. The number of benzene rings is 2. The van der Waals surface area contributed by atoms with Gasteiger partial charge in [-0.1, -0.05) is 22.9 Å². The van der Waals surface area contributed by atoms with E-state index in [-0.39, 0.29) is 0 Å². The third-order valence-corrected chi connectivity index (χ3v) is 4.22. The third kappa shape index (κ3) is 5.39. The monoisotopic (exact) mass is 450 g/mol. The molecule has 0 atom stereocenters. The van der Waals surface area contributed by atoms with E-state index in [0.717, 1.165) is 16.5 Å². The van der Waals surface area contributed by atoms with Crippen LogP contribution in [0, 0.1) is 0 Å². The van der Waals surface area contributed by atoms with Gasteiger partial charge in [0.25, 0.3) is 5.91 Å². The molecule has 0 aliphatic carbocycles. The van der Waals surface area contributed by atoms with Crippen molar-refractivity contribution < 1.29 is 23.7 Å². The van der Waals surface area contributed by atoms with Crippen LogP contribution in [0.2, 0.25) is 0 Å². The Morgan fingerprint density at radius 2 is 1.75 bits per heavy atom. The standard InChI is InChI=1S/C20H23BrN2O5/c1-5-8-28-16-7-6-15(21)9-14(16)12-22-23-20(24)13-10-17(25-2)19(27-4)18(11-13)26-3/h6-7,9-12H,5,8H2,1-4H3,(H,23,24)/b22-12+. The largest absolute Gasteiger partial charge is 0.493 e. The van der Waals surface area contributed by atoms with Gasteiger partial charge >= 0.3 is 0 Å². The smallest absolute Gasteiger partial charge is 0.271 e. The Hall–Kier alpha value is -2.74. The summed E-state index contributed by atoms with van der Waals surface area (Å²) in [6.07, 6.45) is 2.43. The second-order valence-electron chi connectivity index (χ2n) is 5.64. The van der Waals surface area contributed by atoms with Crippen molar-refractivity contribution in [3.8, 4) is 23.0 Å². The molecule has 0 unspecified atom stereocenters. The summed E-state index contributed by atoms with van der Waals surface area (Å²) >= 11 is 3.42. The van der Waals surface area contributed by atoms with Crippen LogP contribution in [0.5, 0.6) is 23.0 Å². The van der Waals surface area contributed by atoms with E-state index in [1.54, 1.807) is 12.1 Å². The highest BCUT2D eigenvalue weighted by atomic mass is 79.9. The van der Waals surface area contributed by atoms with Crippen molar-refractivity contribution in [1.82, 2.24) is 5.43 Å². The van der Waals surface area contributed by atoms with Crippen molar-refractivity contribution in [2.75, 3.05) is 27.9 Å². The first-order valence-electron chi connectivity index (χ1n) is 8.59. The SMILES string of the molecule is CCCOc1ccc(Br)cc1/C=N/NC(=O)c1cc(OC)c(OC)c(OC)c1. The molecule has 1 N–H and O–H groups in total. The number of carbonyl (C=O) groups excluding carboxylic acids is 1. The van der Waals surface area contributed by atoms with Crippen molar-refractivity contribution in [3.63, 3.8) is 0 Å². The van der Waals surface area contributed by atoms with E-state index in [0.29, 0.717) is 35.2 Å². The van der Waals surface area contributed by atoms with Crippen molar-refractivity contribution in [3.05, 3.63) is 45.9 Å². The zero-order chi connectivity index (χ0) is 20.5. The molecule has 0 heterocycles. The molecule has 1 amide bonds. The first kappa shape index (κ1) is 21.6. The summed E-state index contributed by atoms with van der Waals surface area (Å²) in [7, 11) is 4.48. The van der Waals surface area contributed by atoms with Gasteiger partial charge in [0.1, 0.15) is 5.75 Å². The van der Waals surface area contributed by atoms with Gasteiger partial charge in [0.2, 0.25) is 5.75 Å². The van der Waals surface area contributed by atoms with Crippen LogP contribution in [0.4, 0.5) is 0 Å². The number of amides is 1. The van der Waals surface area contributed by atoms with Gasteiger partial charge in [-0.15, -0.1) is 0 Å². The van der Waals surface area contributed by atoms with Gasteiger partial charge in [-0.25, -0.2) is 5.43 Å². The van der Waals surface area contributed by atoms with Gasteiger partial charge in [0.15, 0.2) is 11.5 Å². The summed E-state index contributed by atoms with van der Waals surface area (Å²) in [5.41, 5.74) is 3.56. The second-order valence-corrected chi connectivity index (χ2v) is 6.56. The molecule has 0 spiro atoms. The third-order valence-electron chi connectivity index (χ3n) is 3.73. The fourth-order valence-corrected chi connectivity index (χ4v) is 2.78. The number of nitrogens with zero attached hydrogens (tertiary/aromatic N) is 1. The van der Waals surface area contributed by atoms with E-state index in [2.05, 4.69) is 26.5 Å². The number of hydrogen-bond acceptors (Lipinski definition) is 6. The molecule has 0 aliphatic rings. The van der Waals surface area contributed by atoms with Crippen LogP contribution >= 0.6 is 15.9 Å². The maximum atomic E-state index is 12.5. The van der Waals surface area contributed by atoms with Crippen molar-refractivity contribution >= 4 is 28.1 Å². The summed E-state index contributed by atoms with van der Waals surface area (Å²) < 4.78 is 22.4. The molecule has 0 saturated carbocycles. The Morgan fingerprint density at radius 3 is 2.32 bits per heavy atom. The van der Waals surface area contributed by atoms with Crippen LogP contribution in [0.15, 0.2) is 39.9 Å². The van der Waals surface area contributed by atoms with E-state index < -0.39 is 5.91 Å². The number of ether oxygens (including phenoxy) is 4. The van der Waals surface area contributed by atoms with Crippen LogP contribution < -0.4 is 24.4 Å². The Kier molecular flexibility index (Phi) is 8.13. The molecule has 0 fully saturated rings. The maximum absolute atomic E-state index is 12.5. The van der Waals surface area contributed by atoms with Gasteiger partial charge in [-0.3, -0.25) is 4.79 Å². The molecule has 0 saturated heterocycles. The summed E-state index contributed by atoms with van der Waals surface area (Å²) in [6, 6.07) is 8.71. The lowest BCUT2D eigenvalue weighted by molar-refractivity contribution is 0.0954. The Labute approximate surface area is 172 Å². The number of halogens is 1. The first-order chi connectivity index (χ1) is 13.5. The van der Waals surface area contributed by atoms with Crippen LogP contribution in [0.3, 0.4) is 0 Å². The molecule has 2 aromatic carbocycles. The van der Waals surface area contributed by atoms with E-state index in [9.17, 15) is 4.79 Å². The summed E-state index contributed by atoms with van der Waals surface area (Å²) in [5, 5.41) is 4.04. The quantitative estimate of drug-likeness (QED) is 0.460. The maximum Gasteiger partial charge on any atom is 0.271 e. The normalized spacial score (nSPS) is 10.6. The van der Waals surface area contributed by atoms with Gasteiger partial charge in [-0.2, -0.15) is 5.10 Å². The van der Waals surface area contributed by atoms with Crippen molar-refractivity contribution in [2.45, 2.75) is 13.3 Å². The molecule has 0 aliphatic heterocycles. The highest BCUT2D eigenvalue weighted by Crippen LogP contribution is 2.38. The Bertz CT molecular complexity index is 829. The molecule has 2 rings (SSSR count). The van der Waals surface area contributed by atoms with Gasteiger partial charge in [-0.05, 0) is 36.8 Å². The van der Waals surface area contributed by atoms with Gasteiger partial charge in [0.05, 0.1) is 34.2 Å². The van der Waals surface area contributed by atoms with E-state index >= 15 is 0 Å². The average Bonchev–Trinajstić information content (AvgIpc) is 2.71. The highest BCUT2D eigenvalue weighted by molar-refractivity contribution is 9.10. The molecule has 2 aromatic rings. The number of rotatable bonds is 9. The van der Waals surface area contributed by atoms with Crippen LogP contribution in [-0.2, 0) is 0 Å². The lowest BCUT2D eigenvalue weighted by Gasteiger charge is -2.13. The molecule has 150 valence electrons. The number of methoxy groups -OCH3 is 3. The van der Waals surface area contributed by atoms with E-state index in [1.165, 1.54) is 27.5 Å². The molecule has 8 heteroatoms. The van der Waals surface area contributed by atoms with Crippen LogP contribution in [0.1, 0.15) is 29.3 Å². The summed E-state index contributed by atoms with van der Waals surface area (Å²) in [6.45, 7) is 2.63. The molecule has 28 heavy (non-hydrogen) atoms. The van der Waals surface area contributed by atoms with Crippen LogP contribution in [0.25, 0.3) is 0 Å². The minimum atomic E-state index is -0.415. The zero-order valence-electron chi connectivity index (χ0n) is 16.2. The average molecular weight is 451 g/mol. The summed E-state index contributed by atoms with van der Waals surface area (Å²) in [4.78, 5) is 12.5. The first-order valence-corrected chi connectivity index (χ1v) is 9.39. The number of hydrogen-bond donors (Lipinski definition) is 1. The molecule has 0 bridgehead atoms. The van der Waals surface area contributed by atoms with Crippen molar-refractivity contribution in [1.29, 1.82) is 0 Å². The fourth-order valence-electron chi connectivity index (χ4n) is 2.40. The molecular formula is C20H23BrN2O5. The fraction of sp³-hybridized carbons (Fsp3) is 0.300. The topological polar surface area (TPSA) is 78.4 Å². The minimum absolute atomic E-state index is 0.323. The number of nitrogens with one attached hydrogen (secondary N) is 1. The van der Waals surface area contributed by atoms with Crippen molar-refractivity contribution in [2.24, 2.45) is 5.10 Å². The molecule has 0 radical (unpaired) electrons. The molecule has 7 nitrogen and oxygen atoms in total. The van der Waals surface area contributed by atoms with Crippen LogP contribution in [-0.4, -0.2) is 40.1 Å². The predicted molar refractivity (Wildman–Crippen MR) is 111 cm³/mol. The Morgan fingerprint density at radius 1 is 1.07 bits per heavy atom. The number of hydrazone groups is 1.